The molecule has 0 rings (SSSR count). The first-order valence-corrected chi connectivity index (χ1v) is 5.11. The molecule has 80 valence electrons. The standard InChI is InChI=1S/C8H16Cl2O3/c9-7(13)8(10,4-6-12)3-1-2-5-11/h7,11-13H,1-6H2. The zero-order chi connectivity index (χ0) is 10.3. The van der Waals surface area contributed by atoms with Crippen molar-refractivity contribution in [1.82, 2.24) is 0 Å². The van der Waals surface area contributed by atoms with E-state index >= 15 is 0 Å². The van der Waals surface area contributed by atoms with Gasteiger partial charge in [-0.3, -0.25) is 0 Å². The molecule has 3 nitrogen and oxygen atoms in total. The van der Waals surface area contributed by atoms with Crippen molar-refractivity contribution in [2.24, 2.45) is 0 Å². The third-order valence-electron chi connectivity index (χ3n) is 1.95. The van der Waals surface area contributed by atoms with E-state index in [9.17, 15) is 0 Å². The van der Waals surface area contributed by atoms with E-state index in [4.69, 9.17) is 38.5 Å². The van der Waals surface area contributed by atoms with Crippen molar-refractivity contribution in [2.75, 3.05) is 13.2 Å². The molecule has 0 aromatic rings. The van der Waals surface area contributed by atoms with Gasteiger partial charge in [-0.1, -0.05) is 11.6 Å². The van der Waals surface area contributed by atoms with Gasteiger partial charge in [0.15, 0.2) is 0 Å². The van der Waals surface area contributed by atoms with Gasteiger partial charge >= 0.3 is 0 Å². The number of rotatable bonds is 7. The number of aliphatic hydroxyl groups is 3. The van der Waals surface area contributed by atoms with Crippen molar-refractivity contribution >= 4 is 23.2 Å². The molecule has 13 heavy (non-hydrogen) atoms. The number of halogens is 2. The third-order valence-corrected chi connectivity index (χ3v) is 3.07. The average Bonchev–Trinajstić information content (AvgIpc) is 2.05. The minimum absolute atomic E-state index is 0.102. The van der Waals surface area contributed by atoms with Crippen LogP contribution in [-0.4, -0.2) is 39.0 Å². The molecule has 0 amide bonds. The molecule has 0 heterocycles. The predicted molar refractivity (Wildman–Crippen MR) is 53.1 cm³/mol. The van der Waals surface area contributed by atoms with E-state index in [2.05, 4.69) is 0 Å². The molecular weight excluding hydrogens is 215 g/mol. The topological polar surface area (TPSA) is 60.7 Å². The van der Waals surface area contributed by atoms with Crippen molar-refractivity contribution in [3.8, 4) is 0 Å². The van der Waals surface area contributed by atoms with Gasteiger partial charge in [0.05, 0.1) is 4.87 Å². The molecule has 5 heteroatoms. The van der Waals surface area contributed by atoms with Crippen LogP contribution in [0.15, 0.2) is 0 Å². The van der Waals surface area contributed by atoms with E-state index in [0.717, 1.165) is 0 Å². The van der Waals surface area contributed by atoms with Crippen molar-refractivity contribution < 1.29 is 15.3 Å². The summed E-state index contributed by atoms with van der Waals surface area (Å²) in [5, 5.41) is 26.4. The smallest absolute Gasteiger partial charge is 0.147 e. The van der Waals surface area contributed by atoms with Crippen LogP contribution in [0.5, 0.6) is 0 Å². The van der Waals surface area contributed by atoms with E-state index < -0.39 is 10.4 Å². The fraction of sp³-hybridized carbons (Fsp3) is 1.00. The molecule has 0 fully saturated rings. The maximum Gasteiger partial charge on any atom is 0.147 e. The second-order valence-electron chi connectivity index (χ2n) is 3.02. The van der Waals surface area contributed by atoms with E-state index in [0.29, 0.717) is 19.3 Å². The maximum absolute atomic E-state index is 9.16. The Balaban J connectivity index is 3.92. The van der Waals surface area contributed by atoms with Crippen molar-refractivity contribution in [3.05, 3.63) is 0 Å². The molecule has 0 spiro atoms. The molecule has 0 aromatic carbocycles. The Kier molecular flexibility index (Phi) is 7.09. The average molecular weight is 231 g/mol. The molecule has 0 saturated carbocycles. The summed E-state index contributed by atoms with van der Waals surface area (Å²) < 4.78 is 0. The Morgan fingerprint density at radius 1 is 1.08 bits per heavy atom. The van der Waals surface area contributed by atoms with Crippen molar-refractivity contribution in [1.29, 1.82) is 0 Å². The largest absolute Gasteiger partial charge is 0.396 e. The van der Waals surface area contributed by atoms with Crippen molar-refractivity contribution in [3.63, 3.8) is 0 Å². The summed E-state index contributed by atoms with van der Waals surface area (Å²) in [6.45, 7) is -0.00310. The van der Waals surface area contributed by atoms with Crippen LogP contribution in [0.3, 0.4) is 0 Å². The summed E-state index contributed by atoms with van der Waals surface area (Å²) in [7, 11) is 0. The van der Waals surface area contributed by atoms with Crippen LogP contribution in [0.25, 0.3) is 0 Å². The molecular formula is C8H16Cl2O3. The molecule has 0 bridgehead atoms. The number of hydrogen-bond acceptors (Lipinski definition) is 3. The minimum atomic E-state index is -1.17. The zero-order valence-electron chi connectivity index (χ0n) is 7.42. The van der Waals surface area contributed by atoms with Crippen LogP contribution < -0.4 is 0 Å². The summed E-state index contributed by atoms with van der Waals surface area (Å²) in [5.74, 6) is 0. The lowest BCUT2D eigenvalue weighted by molar-refractivity contribution is 0.159. The Hall–Kier alpha value is 0.460. The Morgan fingerprint density at radius 3 is 2.08 bits per heavy atom. The summed E-state index contributed by atoms with van der Waals surface area (Å²) in [4.78, 5) is -0.967. The lowest BCUT2D eigenvalue weighted by atomic mass is 9.98. The molecule has 0 aliphatic carbocycles. The molecule has 0 aliphatic rings. The highest BCUT2D eigenvalue weighted by Crippen LogP contribution is 2.32. The highest BCUT2D eigenvalue weighted by Gasteiger charge is 2.33. The van der Waals surface area contributed by atoms with Gasteiger partial charge in [-0.05, 0) is 25.7 Å². The zero-order valence-corrected chi connectivity index (χ0v) is 8.93. The van der Waals surface area contributed by atoms with Gasteiger partial charge in [0.1, 0.15) is 5.56 Å². The summed E-state index contributed by atoms with van der Waals surface area (Å²) >= 11 is 11.5. The van der Waals surface area contributed by atoms with Gasteiger partial charge in [-0.2, -0.15) is 0 Å². The van der Waals surface area contributed by atoms with Crippen LogP contribution >= 0.6 is 23.2 Å². The molecule has 0 radical (unpaired) electrons. The van der Waals surface area contributed by atoms with Gasteiger partial charge in [0.2, 0.25) is 0 Å². The quantitative estimate of drug-likeness (QED) is 0.453. The lowest BCUT2D eigenvalue weighted by Crippen LogP contribution is -2.34. The van der Waals surface area contributed by atoms with Crippen LogP contribution in [0.4, 0.5) is 0 Å². The molecule has 0 aliphatic heterocycles. The van der Waals surface area contributed by atoms with Gasteiger partial charge in [-0.25, -0.2) is 0 Å². The Bertz CT molecular complexity index is 133. The first-order valence-electron chi connectivity index (χ1n) is 4.29. The van der Waals surface area contributed by atoms with E-state index in [1.807, 2.05) is 0 Å². The fourth-order valence-electron chi connectivity index (χ4n) is 1.08. The maximum atomic E-state index is 9.16. The SMILES string of the molecule is OCCCCC(Cl)(CCO)C(O)Cl. The fourth-order valence-corrected chi connectivity index (χ4v) is 1.52. The summed E-state index contributed by atoms with van der Waals surface area (Å²) in [6.07, 6.45) is 2.05. The van der Waals surface area contributed by atoms with Gasteiger partial charge in [-0.15, -0.1) is 11.6 Å². The van der Waals surface area contributed by atoms with Crippen LogP contribution in [0.2, 0.25) is 0 Å². The van der Waals surface area contributed by atoms with E-state index in [1.165, 1.54) is 0 Å². The number of unbranched alkanes of at least 4 members (excludes halogenated alkanes) is 1. The van der Waals surface area contributed by atoms with E-state index in [-0.39, 0.29) is 19.6 Å². The van der Waals surface area contributed by atoms with Crippen LogP contribution in [0, 0.1) is 0 Å². The normalized spacial score (nSPS) is 18.2. The Morgan fingerprint density at radius 2 is 1.69 bits per heavy atom. The number of aliphatic hydroxyl groups excluding tert-OH is 3. The van der Waals surface area contributed by atoms with Crippen molar-refractivity contribution in [2.45, 2.75) is 36.1 Å². The van der Waals surface area contributed by atoms with Gasteiger partial charge in [0.25, 0.3) is 0 Å². The predicted octanol–water partition coefficient (Wildman–Crippen LogP) is 1.07. The second-order valence-corrected chi connectivity index (χ2v) is 4.19. The lowest BCUT2D eigenvalue weighted by Gasteiger charge is -2.27. The number of alkyl halides is 2. The highest BCUT2D eigenvalue weighted by molar-refractivity contribution is 6.31. The molecule has 0 saturated heterocycles. The summed E-state index contributed by atoms with van der Waals surface area (Å²) in [6, 6.07) is 0. The number of hydrogen-bond donors (Lipinski definition) is 3. The molecule has 2 unspecified atom stereocenters. The van der Waals surface area contributed by atoms with Gasteiger partial charge < -0.3 is 15.3 Å². The minimum Gasteiger partial charge on any atom is -0.396 e. The highest BCUT2D eigenvalue weighted by atomic mass is 35.5. The first kappa shape index (κ1) is 13.5. The Labute approximate surface area is 88.3 Å². The molecule has 0 aromatic heterocycles. The van der Waals surface area contributed by atoms with Crippen LogP contribution in [-0.2, 0) is 0 Å². The van der Waals surface area contributed by atoms with Gasteiger partial charge in [0, 0.05) is 13.2 Å². The monoisotopic (exact) mass is 230 g/mol. The molecule has 3 N–H and O–H groups in total. The second kappa shape index (κ2) is 6.85. The van der Waals surface area contributed by atoms with Crippen LogP contribution in [0.1, 0.15) is 25.7 Å². The molecule has 2 atom stereocenters. The third kappa shape index (κ3) is 5.03. The first-order chi connectivity index (χ1) is 6.06. The summed E-state index contributed by atoms with van der Waals surface area (Å²) in [5.41, 5.74) is -1.17. The van der Waals surface area contributed by atoms with E-state index in [1.54, 1.807) is 0 Å².